The van der Waals surface area contributed by atoms with Gasteiger partial charge in [0.1, 0.15) is 11.4 Å². The van der Waals surface area contributed by atoms with E-state index in [0.717, 1.165) is 17.2 Å². The SMILES string of the molecule is Cc1cc(C2(c3ccnc(C(F)(F)F)c3)[NH+]=C(N)N(C)C2=O)ccc1OC(F)F. The molecule has 2 heterocycles. The molecular formula is C18H16F5N4O2+. The predicted octanol–water partition coefficient (Wildman–Crippen LogP) is 1.12. The first-order valence-corrected chi connectivity index (χ1v) is 8.25. The molecule has 1 aromatic carbocycles. The lowest BCUT2D eigenvalue weighted by Crippen LogP contribution is -2.85. The van der Waals surface area contributed by atoms with Crippen LogP contribution < -0.4 is 15.5 Å². The Labute approximate surface area is 161 Å². The van der Waals surface area contributed by atoms with Crippen LogP contribution in [0.5, 0.6) is 5.75 Å². The molecule has 0 saturated carbocycles. The van der Waals surface area contributed by atoms with E-state index >= 15 is 0 Å². The number of hydrogen-bond acceptors (Lipinski definition) is 4. The lowest BCUT2D eigenvalue weighted by atomic mass is 9.82. The van der Waals surface area contributed by atoms with Crippen molar-refractivity contribution in [3.8, 4) is 5.75 Å². The van der Waals surface area contributed by atoms with Crippen LogP contribution >= 0.6 is 0 Å². The third-order valence-corrected chi connectivity index (χ3v) is 4.61. The molecule has 1 aliphatic heterocycles. The normalized spacial score (nSPS) is 19.7. The second-order valence-corrected chi connectivity index (χ2v) is 6.41. The Morgan fingerprint density at radius 2 is 1.86 bits per heavy atom. The Hall–Kier alpha value is -3.24. The number of aryl methyl sites for hydroxylation is 1. The van der Waals surface area contributed by atoms with Gasteiger partial charge in [-0.25, -0.2) is 4.90 Å². The fourth-order valence-electron chi connectivity index (χ4n) is 3.18. The van der Waals surface area contributed by atoms with Crippen molar-refractivity contribution in [1.29, 1.82) is 0 Å². The second-order valence-electron chi connectivity index (χ2n) is 6.41. The molecule has 0 spiro atoms. The van der Waals surface area contributed by atoms with Gasteiger partial charge in [-0.2, -0.15) is 22.0 Å². The fraction of sp³-hybridized carbons (Fsp3) is 0.278. The average Bonchev–Trinajstić information content (AvgIpc) is 2.87. The van der Waals surface area contributed by atoms with Gasteiger partial charge in [0, 0.05) is 17.3 Å². The van der Waals surface area contributed by atoms with E-state index in [1.54, 1.807) is 0 Å². The summed E-state index contributed by atoms with van der Waals surface area (Å²) in [6.07, 6.45) is -3.80. The second kappa shape index (κ2) is 6.98. The molecule has 0 aliphatic carbocycles. The number of likely N-dealkylation sites (N-methyl/N-ethyl adjacent to an activating group) is 1. The number of halogens is 5. The summed E-state index contributed by atoms with van der Waals surface area (Å²) in [4.78, 5) is 20.2. The smallest absolute Gasteiger partial charge is 0.433 e. The highest BCUT2D eigenvalue weighted by atomic mass is 19.4. The van der Waals surface area contributed by atoms with Crippen LogP contribution in [0.15, 0.2) is 36.5 Å². The van der Waals surface area contributed by atoms with Crippen molar-refractivity contribution < 1.29 is 36.5 Å². The number of amides is 1. The number of alkyl halides is 5. The summed E-state index contributed by atoms with van der Waals surface area (Å²) in [7, 11) is 1.36. The third-order valence-electron chi connectivity index (χ3n) is 4.61. The highest BCUT2D eigenvalue weighted by molar-refractivity contribution is 6.03. The van der Waals surface area contributed by atoms with E-state index in [9.17, 15) is 26.7 Å². The van der Waals surface area contributed by atoms with E-state index in [0.29, 0.717) is 0 Å². The zero-order valence-corrected chi connectivity index (χ0v) is 15.2. The summed E-state index contributed by atoms with van der Waals surface area (Å²) in [6, 6.07) is 5.91. The van der Waals surface area contributed by atoms with Gasteiger partial charge in [-0.3, -0.25) is 20.5 Å². The molecule has 1 atom stereocenters. The maximum atomic E-state index is 13.2. The average molecular weight is 415 g/mol. The molecule has 154 valence electrons. The van der Waals surface area contributed by atoms with Gasteiger partial charge in [-0.05, 0) is 36.8 Å². The van der Waals surface area contributed by atoms with E-state index in [2.05, 4.69) is 14.7 Å². The minimum absolute atomic E-state index is 0.0564. The zero-order valence-electron chi connectivity index (χ0n) is 15.2. The number of guanidine groups is 1. The van der Waals surface area contributed by atoms with Crippen LogP contribution in [0, 0.1) is 6.92 Å². The van der Waals surface area contributed by atoms with Crippen molar-refractivity contribution in [1.82, 2.24) is 9.88 Å². The molecule has 3 rings (SSSR count). The molecule has 1 unspecified atom stereocenters. The molecule has 0 saturated heterocycles. The quantitative estimate of drug-likeness (QED) is 0.734. The van der Waals surface area contributed by atoms with Gasteiger partial charge in [0.15, 0.2) is 0 Å². The van der Waals surface area contributed by atoms with E-state index in [1.807, 2.05) is 0 Å². The Morgan fingerprint density at radius 3 is 2.38 bits per heavy atom. The highest BCUT2D eigenvalue weighted by Gasteiger charge is 2.54. The van der Waals surface area contributed by atoms with Gasteiger partial charge in [0.2, 0.25) is 5.54 Å². The third kappa shape index (κ3) is 3.47. The van der Waals surface area contributed by atoms with Gasteiger partial charge in [-0.1, -0.05) is 6.07 Å². The lowest BCUT2D eigenvalue weighted by Gasteiger charge is -2.25. The van der Waals surface area contributed by atoms with Crippen molar-refractivity contribution in [3.63, 3.8) is 0 Å². The van der Waals surface area contributed by atoms with Crippen LogP contribution in [0.4, 0.5) is 22.0 Å². The number of nitrogens with one attached hydrogen (secondary N) is 1. The van der Waals surface area contributed by atoms with Crippen LogP contribution in [0.1, 0.15) is 22.4 Å². The minimum atomic E-state index is -4.73. The molecule has 3 N–H and O–H groups in total. The van der Waals surface area contributed by atoms with Crippen molar-refractivity contribution in [2.75, 3.05) is 7.05 Å². The molecular weight excluding hydrogens is 399 g/mol. The van der Waals surface area contributed by atoms with E-state index in [1.165, 1.54) is 38.2 Å². The number of carbonyl (C=O) groups is 1. The maximum absolute atomic E-state index is 13.2. The number of rotatable bonds is 4. The van der Waals surface area contributed by atoms with Crippen LogP contribution in [0.25, 0.3) is 0 Å². The number of ether oxygens (including phenoxy) is 1. The Morgan fingerprint density at radius 1 is 1.21 bits per heavy atom. The minimum Gasteiger partial charge on any atom is -0.435 e. The highest BCUT2D eigenvalue weighted by Crippen LogP contribution is 2.35. The van der Waals surface area contributed by atoms with E-state index in [4.69, 9.17) is 5.73 Å². The number of nitrogens with zero attached hydrogens (tertiary/aromatic N) is 2. The van der Waals surface area contributed by atoms with Gasteiger partial charge < -0.3 is 4.74 Å². The van der Waals surface area contributed by atoms with Crippen molar-refractivity contribution in [3.05, 3.63) is 58.9 Å². The Kier molecular flexibility index (Phi) is 4.93. The first-order valence-electron chi connectivity index (χ1n) is 8.25. The van der Waals surface area contributed by atoms with Crippen LogP contribution in [-0.4, -0.2) is 35.4 Å². The molecule has 0 bridgehead atoms. The van der Waals surface area contributed by atoms with Crippen molar-refractivity contribution >= 4 is 11.9 Å². The molecule has 1 aromatic heterocycles. The molecule has 29 heavy (non-hydrogen) atoms. The van der Waals surface area contributed by atoms with E-state index < -0.39 is 29.9 Å². The number of pyridine rings is 1. The van der Waals surface area contributed by atoms with Crippen molar-refractivity contribution in [2.24, 2.45) is 5.73 Å². The predicted molar refractivity (Wildman–Crippen MR) is 90.8 cm³/mol. The van der Waals surface area contributed by atoms with Gasteiger partial charge in [0.05, 0.1) is 7.05 Å². The Balaban J connectivity index is 2.23. The molecule has 11 heteroatoms. The zero-order chi connectivity index (χ0) is 21.6. The monoisotopic (exact) mass is 415 g/mol. The van der Waals surface area contributed by atoms with Crippen LogP contribution in [-0.2, 0) is 16.5 Å². The van der Waals surface area contributed by atoms with Gasteiger partial charge in [-0.15, -0.1) is 0 Å². The largest absolute Gasteiger partial charge is 0.435 e. The lowest BCUT2D eigenvalue weighted by molar-refractivity contribution is -0.525. The number of aromatic nitrogens is 1. The van der Waals surface area contributed by atoms with E-state index in [-0.39, 0.29) is 28.4 Å². The summed E-state index contributed by atoms with van der Waals surface area (Å²) in [5.74, 6) is -0.845. The first-order chi connectivity index (χ1) is 13.5. The van der Waals surface area contributed by atoms with Gasteiger partial charge in [0.25, 0.3) is 0 Å². The fourth-order valence-corrected chi connectivity index (χ4v) is 3.18. The number of benzene rings is 1. The standard InChI is InChI=1S/C18H15F5N4O2/c1-9-7-10(3-4-12(9)29-15(19)20)17(14(28)27(2)16(24)26-17)11-5-6-25-13(8-11)18(21,22)23/h3-8,15H,1-2H3,(H2,24,26)/p+1. The van der Waals surface area contributed by atoms with Crippen LogP contribution in [0.2, 0.25) is 0 Å². The molecule has 2 aromatic rings. The molecule has 6 nitrogen and oxygen atoms in total. The molecule has 1 aliphatic rings. The summed E-state index contributed by atoms with van der Waals surface area (Å²) in [5, 5.41) is 0. The summed E-state index contributed by atoms with van der Waals surface area (Å²) in [5.41, 5.74) is 3.25. The maximum Gasteiger partial charge on any atom is 0.433 e. The molecule has 0 fully saturated rings. The molecule has 0 radical (unpaired) electrons. The van der Waals surface area contributed by atoms with Gasteiger partial charge >= 0.3 is 24.7 Å². The van der Waals surface area contributed by atoms with Crippen LogP contribution in [0.3, 0.4) is 0 Å². The summed E-state index contributed by atoms with van der Waals surface area (Å²) >= 11 is 0. The topological polar surface area (TPSA) is 82.4 Å². The molecule has 1 amide bonds. The summed E-state index contributed by atoms with van der Waals surface area (Å²) in [6.45, 7) is -1.58. The number of carbonyl (C=O) groups excluding carboxylic acids is 1. The summed E-state index contributed by atoms with van der Waals surface area (Å²) < 4.78 is 69.0. The first kappa shape index (κ1) is 20.5. The Bertz CT molecular complexity index is 992. The number of nitrogens with two attached hydrogens (primary N) is 1. The number of hydrogen-bond donors (Lipinski definition) is 2. The van der Waals surface area contributed by atoms with Crippen molar-refractivity contribution in [2.45, 2.75) is 25.3 Å².